The summed E-state index contributed by atoms with van der Waals surface area (Å²) in [6.45, 7) is 1.69. The number of methoxy groups -OCH3 is 1. The first kappa shape index (κ1) is 17.7. The summed E-state index contributed by atoms with van der Waals surface area (Å²) in [4.78, 5) is 12.4. The minimum absolute atomic E-state index is 0.0857. The van der Waals surface area contributed by atoms with E-state index in [0.717, 1.165) is 18.7 Å². The van der Waals surface area contributed by atoms with Crippen molar-refractivity contribution in [3.8, 4) is 5.75 Å². The molecule has 2 aromatic carbocycles. The number of carbonyl (C=O) groups is 1. The standard InChI is InChI=1S/C18H19ClFN3O2/c1-25-17-6-11(3-5-15(17)13-9-22-23-10-13)18(24)21-8-12-2-4-14(19)7-16(12)20/h2-7,13,22-23H,8-10H2,1H3,(H,21,24). The Morgan fingerprint density at radius 1 is 1.28 bits per heavy atom. The first-order valence-electron chi connectivity index (χ1n) is 7.94. The number of benzene rings is 2. The van der Waals surface area contributed by atoms with Crippen LogP contribution in [0.25, 0.3) is 0 Å². The van der Waals surface area contributed by atoms with Crippen molar-refractivity contribution in [3.63, 3.8) is 0 Å². The van der Waals surface area contributed by atoms with Gasteiger partial charge in [0.05, 0.1) is 7.11 Å². The van der Waals surface area contributed by atoms with E-state index in [9.17, 15) is 9.18 Å². The van der Waals surface area contributed by atoms with Crippen LogP contribution in [0.4, 0.5) is 4.39 Å². The van der Waals surface area contributed by atoms with Gasteiger partial charge in [0.25, 0.3) is 5.91 Å². The van der Waals surface area contributed by atoms with Crippen LogP contribution < -0.4 is 20.9 Å². The number of rotatable bonds is 5. The maximum atomic E-state index is 13.8. The predicted octanol–water partition coefficient (Wildman–Crippen LogP) is 2.61. The molecule has 0 saturated carbocycles. The van der Waals surface area contributed by atoms with Crippen LogP contribution in [0.5, 0.6) is 5.75 Å². The quantitative estimate of drug-likeness (QED) is 0.764. The lowest BCUT2D eigenvalue weighted by molar-refractivity contribution is 0.0950. The molecule has 1 heterocycles. The molecule has 3 N–H and O–H groups in total. The van der Waals surface area contributed by atoms with Crippen LogP contribution in [0.2, 0.25) is 5.02 Å². The number of ether oxygens (including phenoxy) is 1. The Bertz CT molecular complexity index is 779. The van der Waals surface area contributed by atoms with Gasteiger partial charge in [-0.1, -0.05) is 23.7 Å². The first-order valence-corrected chi connectivity index (χ1v) is 8.32. The molecular formula is C18H19ClFN3O2. The second-order valence-electron chi connectivity index (χ2n) is 5.83. The number of hydrazine groups is 1. The zero-order valence-electron chi connectivity index (χ0n) is 13.7. The molecule has 5 nitrogen and oxygen atoms in total. The monoisotopic (exact) mass is 363 g/mol. The highest BCUT2D eigenvalue weighted by Crippen LogP contribution is 2.28. The molecule has 2 aromatic rings. The molecule has 0 atom stereocenters. The molecule has 0 aliphatic carbocycles. The van der Waals surface area contributed by atoms with E-state index >= 15 is 0 Å². The van der Waals surface area contributed by atoms with Crippen LogP contribution in [0.15, 0.2) is 36.4 Å². The molecule has 3 rings (SSSR count). The SMILES string of the molecule is COc1cc(C(=O)NCc2ccc(Cl)cc2F)ccc1C1CNNC1. The van der Waals surface area contributed by atoms with Gasteiger partial charge in [-0.25, -0.2) is 4.39 Å². The van der Waals surface area contributed by atoms with E-state index < -0.39 is 5.82 Å². The van der Waals surface area contributed by atoms with Crippen molar-refractivity contribution in [1.29, 1.82) is 0 Å². The normalized spacial score (nSPS) is 14.5. The number of halogens is 2. The van der Waals surface area contributed by atoms with Crippen molar-refractivity contribution >= 4 is 17.5 Å². The maximum Gasteiger partial charge on any atom is 0.251 e. The highest BCUT2D eigenvalue weighted by Gasteiger charge is 2.21. The highest BCUT2D eigenvalue weighted by molar-refractivity contribution is 6.30. The number of amides is 1. The van der Waals surface area contributed by atoms with Gasteiger partial charge in [-0.15, -0.1) is 0 Å². The van der Waals surface area contributed by atoms with Crippen LogP contribution in [-0.4, -0.2) is 26.1 Å². The van der Waals surface area contributed by atoms with E-state index in [4.69, 9.17) is 16.3 Å². The summed E-state index contributed by atoms with van der Waals surface area (Å²) in [6.07, 6.45) is 0. The smallest absolute Gasteiger partial charge is 0.251 e. The van der Waals surface area contributed by atoms with Gasteiger partial charge in [0.2, 0.25) is 0 Å². The van der Waals surface area contributed by atoms with Gasteiger partial charge in [-0.2, -0.15) is 0 Å². The molecule has 0 aromatic heterocycles. The van der Waals surface area contributed by atoms with Crippen molar-refractivity contribution in [3.05, 3.63) is 63.9 Å². The van der Waals surface area contributed by atoms with Crippen molar-refractivity contribution in [2.45, 2.75) is 12.5 Å². The van der Waals surface area contributed by atoms with E-state index in [-0.39, 0.29) is 18.4 Å². The van der Waals surface area contributed by atoms with Crippen molar-refractivity contribution in [1.82, 2.24) is 16.2 Å². The maximum absolute atomic E-state index is 13.8. The van der Waals surface area contributed by atoms with Crippen LogP contribution in [-0.2, 0) is 6.54 Å². The van der Waals surface area contributed by atoms with Crippen LogP contribution in [0.1, 0.15) is 27.4 Å². The lowest BCUT2D eigenvalue weighted by atomic mass is 9.97. The van der Waals surface area contributed by atoms with Gasteiger partial charge in [-0.05, 0) is 29.8 Å². The lowest BCUT2D eigenvalue weighted by Crippen LogP contribution is -2.23. The largest absolute Gasteiger partial charge is 0.496 e. The van der Waals surface area contributed by atoms with Crippen molar-refractivity contribution in [2.24, 2.45) is 0 Å². The third-order valence-corrected chi connectivity index (χ3v) is 4.45. The fourth-order valence-electron chi connectivity index (χ4n) is 2.82. The molecule has 1 aliphatic rings. The average molecular weight is 364 g/mol. The molecule has 25 heavy (non-hydrogen) atoms. The Balaban J connectivity index is 1.71. The molecule has 1 saturated heterocycles. The van der Waals surface area contributed by atoms with Gasteiger partial charge in [0, 0.05) is 41.7 Å². The van der Waals surface area contributed by atoms with Gasteiger partial charge in [0.15, 0.2) is 0 Å². The van der Waals surface area contributed by atoms with E-state index in [0.29, 0.717) is 21.9 Å². The van der Waals surface area contributed by atoms with Crippen LogP contribution in [0, 0.1) is 5.82 Å². The van der Waals surface area contributed by atoms with Gasteiger partial charge in [0.1, 0.15) is 11.6 Å². The summed E-state index contributed by atoms with van der Waals surface area (Å²) in [6, 6.07) is 9.74. The average Bonchev–Trinajstić information content (AvgIpc) is 3.14. The summed E-state index contributed by atoms with van der Waals surface area (Å²) >= 11 is 5.73. The number of hydrogen-bond acceptors (Lipinski definition) is 4. The van der Waals surface area contributed by atoms with E-state index in [1.807, 2.05) is 6.07 Å². The summed E-state index contributed by atoms with van der Waals surface area (Å²) in [5.41, 5.74) is 8.04. The Kier molecular flexibility index (Phi) is 5.53. The molecule has 1 fully saturated rings. The topological polar surface area (TPSA) is 62.4 Å². The van der Waals surface area contributed by atoms with Gasteiger partial charge in [-0.3, -0.25) is 15.6 Å². The summed E-state index contributed by atoms with van der Waals surface area (Å²) in [5.74, 6) is 0.222. The van der Waals surface area contributed by atoms with E-state index in [1.165, 1.54) is 6.07 Å². The lowest BCUT2D eigenvalue weighted by Gasteiger charge is -2.15. The highest BCUT2D eigenvalue weighted by atomic mass is 35.5. The summed E-state index contributed by atoms with van der Waals surface area (Å²) < 4.78 is 19.2. The fourth-order valence-corrected chi connectivity index (χ4v) is 2.97. The van der Waals surface area contributed by atoms with Gasteiger partial charge < -0.3 is 10.1 Å². The van der Waals surface area contributed by atoms with Crippen molar-refractivity contribution < 1.29 is 13.9 Å². The van der Waals surface area contributed by atoms with Gasteiger partial charge >= 0.3 is 0 Å². The Labute approximate surface area is 150 Å². The first-order chi connectivity index (χ1) is 12.1. The molecule has 0 radical (unpaired) electrons. The second-order valence-corrected chi connectivity index (χ2v) is 6.27. The molecule has 1 amide bonds. The summed E-state index contributed by atoms with van der Waals surface area (Å²) in [5, 5.41) is 3.04. The summed E-state index contributed by atoms with van der Waals surface area (Å²) in [7, 11) is 1.58. The number of carbonyl (C=O) groups excluding carboxylic acids is 1. The second kappa shape index (κ2) is 7.82. The molecule has 132 valence electrons. The molecule has 1 aliphatic heterocycles. The minimum atomic E-state index is -0.443. The molecule has 0 spiro atoms. The number of hydrogen-bond donors (Lipinski definition) is 3. The zero-order chi connectivity index (χ0) is 17.8. The third kappa shape index (κ3) is 4.10. The predicted molar refractivity (Wildman–Crippen MR) is 94.3 cm³/mol. The van der Waals surface area contributed by atoms with E-state index in [1.54, 1.807) is 31.4 Å². The molecule has 0 unspecified atom stereocenters. The molecule has 0 bridgehead atoms. The number of nitrogens with one attached hydrogen (secondary N) is 3. The molecule has 7 heteroatoms. The third-order valence-electron chi connectivity index (χ3n) is 4.21. The van der Waals surface area contributed by atoms with Crippen molar-refractivity contribution in [2.75, 3.05) is 20.2 Å². The Hall–Kier alpha value is -2.15. The Morgan fingerprint density at radius 3 is 2.72 bits per heavy atom. The van der Waals surface area contributed by atoms with E-state index in [2.05, 4.69) is 16.2 Å². The van der Waals surface area contributed by atoms with Crippen LogP contribution >= 0.6 is 11.6 Å². The minimum Gasteiger partial charge on any atom is -0.496 e. The zero-order valence-corrected chi connectivity index (χ0v) is 14.5. The Morgan fingerprint density at radius 2 is 2.04 bits per heavy atom. The van der Waals surface area contributed by atoms with Crippen LogP contribution in [0.3, 0.4) is 0 Å². The molecular weight excluding hydrogens is 345 g/mol. The fraction of sp³-hybridized carbons (Fsp3) is 0.278.